The summed E-state index contributed by atoms with van der Waals surface area (Å²) >= 11 is 0. The fourth-order valence-corrected chi connectivity index (χ4v) is 3.91. The molecule has 3 unspecified atom stereocenters. The average Bonchev–Trinajstić information content (AvgIpc) is 3.19. The van der Waals surface area contributed by atoms with E-state index in [0.29, 0.717) is 12.1 Å². The first kappa shape index (κ1) is 20.4. The number of likely N-dealkylation sites (N-methyl/N-ethyl adjacent to an activating group) is 1. The van der Waals surface area contributed by atoms with Crippen LogP contribution in [0.15, 0.2) is 29.3 Å². The van der Waals surface area contributed by atoms with Crippen molar-refractivity contribution in [3.05, 3.63) is 35.6 Å². The fraction of sp³-hybridized carbons (Fsp3) is 0.632. The van der Waals surface area contributed by atoms with Gasteiger partial charge in [0.15, 0.2) is 5.96 Å². The van der Waals surface area contributed by atoms with E-state index in [4.69, 9.17) is 0 Å². The summed E-state index contributed by atoms with van der Waals surface area (Å²) in [5.41, 5.74) is 0.827. The van der Waals surface area contributed by atoms with Crippen LogP contribution in [0, 0.1) is 5.82 Å². The Morgan fingerprint density at radius 2 is 2.04 bits per heavy atom. The molecule has 0 spiro atoms. The third kappa shape index (κ3) is 4.64. The van der Waals surface area contributed by atoms with Gasteiger partial charge in [-0.05, 0) is 37.6 Å². The summed E-state index contributed by atoms with van der Waals surface area (Å²) in [4.78, 5) is 9.33. The van der Waals surface area contributed by atoms with Crippen molar-refractivity contribution in [1.82, 2.24) is 15.1 Å². The summed E-state index contributed by atoms with van der Waals surface area (Å²) in [6.07, 6.45) is 2.16. The number of hydrogen-bond donors (Lipinski definition) is 1. The summed E-state index contributed by atoms with van der Waals surface area (Å²) in [5.74, 6) is 1.14. The van der Waals surface area contributed by atoms with Crippen LogP contribution in [-0.2, 0) is 0 Å². The molecule has 0 bridgehead atoms. The summed E-state index contributed by atoms with van der Waals surface area (Å²) in [6.45, 7) is 8.71. The van der Waals surface area contributed by atoms with Crippen molar-refractivity contribution < 1.29 is 4.39 Å². The Kier molecular flexibility index (Phi) is 7.49. The average molecular weight is 460 g/mol. The zero-order chi connectivity index (χ0) is 17.1. The Labute approximate surface area is 167 Å². The maximum Gasteiger partial charge on any atom is 0.193 e. The van der Waals surface area contributed by atoms with Crippen molar-refractivity contribution in [2.24, 2.45) is 4.99 Å². The van der Waals surface area contributed by atoms with Crippen LogP contribution in [0.1, 0.15) is 38.2 Å². The first-order chi connectivity index (χ1) is 11.7. The molecule has 1 saturated carbocycles. The Morgan fingerprint density at radius 3 is 2.68 bits per heavy atom. The molecule has 1 aliphatic carbocycles. The van der Waals surface area contributed by atoms with Crippen molar-refractivity contribution >= 4 is 29.9 Å². The van der Waals surface area contributed by atoms with Gasteiger partial charge in [0.1, 0.15) is 5.82 Å². The van der Waals surface area contributed by atoms with Crippen molar-refractivity contribution in [1.29, 1.82) is 0 Å². The molecule has 1 aromatic rings. The van der Waals surface area contributed by atoms with Gasteiger partial charge in [-0.1, -0.05) is 32.0 Å². The number of aliphatic imine (C=N–C) groups is 1. The highest BCUT2D eigenvalue weighted by Crippen LogP contribution is 2.42. The molecule has 0 amide bonds. The van der Waals surface area contributed by atoms with E-state index < -0.39 is 0 Å². The lowest BCUT2D eigenvalue weighted by Crippen LogP contribution is -2.44. The lowest BCUT2D eigenvalue weighted by atomic mass is 10.1. The zero-order valence-corrected chi connectivity index (χ0v) is 17.7. The standard InChI is InChI=1S/C19H29FN4.HI/c1-4-23(5-2)14-10-11-24(13-14)19(21-3)22-18-12-16(18)15-8-6-7-9-17(15)20;/h6-9,14,16,18H,4-5,10-13H2,1-3H3,(H,21,22);1H. The molecule has 4 nitrogen and oxygen atoms in total. The Hall–Kier alpha value is -0.890. The predicted octanol–water partition coefficient (Wildman–Crippen LogP) is 3.29. The summed E-state index contributed by atoms with van der Waals surface area (Å²) in [6, 6.07) is 8.02. The number of benzene rings is 1. The second kappa shape index (κ2) is 9.16. The molecular weight excluding hydrogens is 430 g/mol. The Bertz CT molecular complexity index is 591. The Morgan fingerprint density at radius 1 is 1.32 bits per heavy atom. The number of guanidine groups is 1. The first-order valence-corrected chi connectivity index (χ1v) is 9.14. The molecule has 25 heavy (non-hydrogen) atoms. The third-order valence-corrected chi connectivity index (χ3v) is 5.41. The molecule has 1 aliphatic heterocycles. The second-order valence-electron chi connectivity index (χ2n) is 6.77. The van der Waals surface area contributed by atoms with Crippen LogP contribution in [0.5, 0.6) is 0 Å². The van der Waals surface area contributed by atoms with Crippen LogP contribution < -0.4 is 5.32 Å². The molecule has 1 N–H and O–H groups in total. The van der Waals surface area contributed by atoms with Gasteiger partial charge >= 0.3 is 0 Å². The molecule has 6 heteroatoms. The largest absolute Gasteiger partial charge is 0.353 e. The van der Waals surface area contributed by atoms with Gasteiger partial charge in [0.2, 0.25) is 0 Å². The van der Waals surface area contributed by atoms with Gasteiger partial charge in [-0.15, -0.1) is 24.0 Å². The molecule has 140 valence electrons. The predicted molar refractivity (Wildman–Crippen MR) is 112 cm³/mol. The van der Waals surface area contributed by atoms with Crippen molar-refractivity contribution in [3.8, 4) is 0 Å². The summed E-state index contributed by atoms with van der Waals surface area (Å²) in [7, 11) is 1.84. The van der Waals surface area contributed by atoms with E-state index >= 15 is 0 Å². The van der Waals surface area contributed by atoms with E-state index in [1.165, 1.54) is 6.42 Å². The molecule has 3 rings (SSSR count). The maximum atomic E-state index is 13.9. The van der Waals surface area contributed by atoms with Crippen LogP contribution >= 0.6 is 24.0 Å². The molecule has 1 saturated heterocycles. The van der Waals surface area contributed by atoms with E-state index in [9.17, 15) is 4.39 Å². The molecule has 2 aliphatic rings. The lowest BCUT2D eigenvalue weighted by molar-refractivity contribution is 0.223. The van der Waals surface area contributed by atoms with E-state index in [1.54, 1.807) is 12.1 Å². The highest BCUT2D eigenvalue weighted by molar-refractivity contribution is 14.0. The molecule has 2 fully saturated rings. The van der Waals surface area contributed by atoms with Crippen molar-refractivity contribution in [3.63, 3.8) is 0 Å². The minimum Gasteiger partial charge on any atom is -0.353 e. The number of nitrogens with zero attached hydrogens (tertiary/aromatic N) is 3. The van der Waals surface area contributed by atoms with E-state index in [0.717, 1.165) is 44.1 Å². The SMILES string of the molecule is CCN(CC)C1CCN(C(=NC)NC2CC2c2ccccc2F)C1.I. The van der Waals surface area contributed by atoms with Crippen LogP contribution in [0.25, 0.3) is 0 Å². The van der Waals surface area contributed by atoms with Gasteiger partial charge < -0.3 is 10.2 Å². The topological polar surface area (TPSA) is 30.9 Å². The molecule has 0 aromatic heterocycles. The second-order valence-corrected chi connectivity index (χ2v) is 6.77. The molecule has 3 atom stereocenters. The molecular formula is C19H30FIN4. The monoisotopic (exact) mass is 460 g/mol. The van der Waals surface area contributed by atoms with Crippen LogP contribution in [0.4, 0.5) is 4.39 Å². The quantitative estimate of drug-likeness (QED) is 0.416. The highest BCUT2D eigenvalue weighted by atomic mass is 127. The number of halogens is 2. The number of rotatable bonds is 5. The number of hydrogen-bond acceptors (Lipinski definition) is 2. The molecule has 0 radical (unpaired) electrons. The van der Waals surface area contributed by atoms with Crippen LogP contribution in [0.2, 0.25) is 0 Å². The highest BCUT2D eigenvalue weighted by Gasteiger charge is 2.41. The van der Waals surface area contributed by atoms with Gasteiger partial charge in [-0.25, -0.2) is 4.39 Å². The van der Waals surface area contributed by atoms with Gasteiger partial charge in [0.05, 0.1) is 0 Å². The van der Waals surface area contributed by atoms with Crippen LogP contribution in [0.3, 0.4) is 0 Å². The number of nitrogens with one attached hydrogen (secondary N) is 1. The van der Waals surface area contributed by atoms with Crippen molar-refractivity contribution in [2.75, 3.05) is 33.2 Å². The first-order valence-electron chi connectivity index (χ1n) is 9.14. The molecule has 1 aromatic carbocycles. The Balaban J connectivity index is 0.00000225. The lowest BCUT2D eigenvalue weighted by Gasteiger charge is -2.27. The van der Waals surface area contributed by atoms with Crippen LogP contribution in [-0.4, -0.2) is 61.1 Å². The minimum atomic E-state index is -0.0930. The summed E-state index contributed by atoms with van der Waals surface area (Å²) in [5, 5.41) is 3.54. The van der Waals surface area contributed by atoms with Gasteiger partial charge in [-0.2, -0.15) is 0 Å². The molecule has 1 heterocycles. The van der Waals surface area contributed by atoms with Gasteiger partial charge in [0, 0.05) is 38.1 Å². The van der Waals surface area contributed by atoms with Gasteiger partial charge in [0.25, 0.3) is 0 Å². The van der Waals surface area contributed by atoms with Crippen molar-refractivity contribution in [2.45, 2.75) is 44.7 Å². The zero-order valence-electron chi connectivity index (χ0n) is 15.4. The summed E-state index contributed by atoms with van der Waals surface area (Å²) < 4.78 is 13.9. The third-order valence-electron chi connectivity index (χ3n) is 5.41. The van der Waals surface area contributed by atoms with E-state index in [1.807, 2.05) is 19.2 Å². The van der Waals surface area contributed by atoms with E-state index in [-0.39, 0.29) is 35.7 Å². The fourth-order valence-electron chi connectivity index (χ4n) is 3.91. The van der Waals surface area contributed by atoms with Gasteiger partial charge in [-0.3, -0.25) is 9.89 Å². The normalized spacial score (nSPS) is 25.9. The smallest absolute Gasteiger partial charge is 0.193 e. The minimum absolute atomic E-state index is 0. The maximum absolute atomic E-state index is 13.9. The van der Waals surface area contributed by atoms with E-state index in [2.05, 4.69) is 34.0 Å². The number of likely N-dealkylation sites (tertiary alicyclic amines) is 1.